The third-order valence-electron chi connectivity index (χ3n) is 4.47. The fraction of sp³-hybridized carbons (Fsp3) is 0.286. The topological polar surface area (TPSA) is 106 Å². The van der Waals surface area contributed by atoms with Crippen LogP contribution in [0.5, 0.6) is 0 Å². The van der Waals surface area contributed by atoms with E-state index in [1.54, 1.807) is 12.1 Å². The zero-order valence-corrected chi connectivity index (χ0v) is 17.2. The van der Waals surface area contributed by atoms with Crippen molar-refractivity contribution in [3.05, 3.63) is 64.4 Å². The van der Waals surface area contributed by atoms with Gasteiger partial charge in [0.1, 0.15) is 11.7 Å². The standard InChI is InChI=1S/C21H20ClN3O5/c1-12(2)9-17(24-18(26)16-10-13(22)7-8-23-16)21(29)30-11-25-19(27)14-5-3-4-6-15(14)20(25)28/h3-8,10,12,17H,9,11H2,1-2H3,(H,24,26)/t17-/m1/s1. The lowest BCUT2D eigenvalue weighted by Crippen LogP contribution is -2.44. The van der Waals surface area contributed by atoms with Crippen LogP contribution in [0, 0.1) is 5.92 Å². The van der Waals surface area contributed by atoms with E-state index in [1.165, 1.54) is 30.5 Å². The Morgan fingerprint density at radius 1 is 1.13 bits per heavy atom. The minimum absolute atomic E-state index is 0.0596. The molecule has 0 aliphatic carbocycles. The van der Waals surface area contributed by atoms with E-state index in [-0.39, 0.29) is 22.7 Å². The van der Waals surface area contributed by atoms with Crippen molar-refractivity contribution in [3.63, 3.8) is 0 Å². The third kappa shape index (κ3) is 4.65. The van der Waals surface area contributed by atoms with Gasteiger partial charge in [-0.05, 0) is 36.6 Å². The maximum atomic E-state index is 12.6. The predicted octanol–water partition coefficient (Wildman–Crippen LogP) is 2.68. The molecule has 2 heterocycles. The normalized spacial score (nSPS) is 13.9. The second-order valence-corrected chi connectivity index (χ2v) is 7.63. The van der Waals surface area contributed by atoms with E-state index in [0.29, 0.717) is 11.4 Å². The van der Waals surface area contributed by atoms with E-state index in [1.807, 2.05) is 13.8 Å². The Balaban J connectivity index is 1.67. The Bertz CT molecular complexity index is 973. The molecule has 1 aromatic heterocycles. The van der Waals surface area contributed by atoms with Crippen molar-refractivity contribution < 1.29 is 23.9 Å². The van der Waals surface area contributed by atoms with Gasteiger partial charge >= 0.3 is 5.97 Å². The number of hydrogen-bond donors (Lipinski definition) is 1. The molecule has 8 nitrogen and oxygen atoms in total. The molecule has 9 heteroatoms. The van der Waals surface area contributed by atoms with Crippen molar-refractivity contribution >= 4 is 35.3 Å². The van der Waals surface area contributed by atoms with Gasteiger partial charge in [0.15, 0.2) is 6.73 Å². The summed E-state index contributed by atoms with van der Waals surface area (Å²) in [7, 11) is 0. The molecule has 1 aliphatic rings. The minimum Gasteiger partial charge on any atom is -0.442 e. The van der Waals surface area contributed by atoms with Gasteiger partial charge in [-0.1, -0.05) is 37.6 Å². The van der Waals surface area contributed by atoms with Gasteiger partial charge < -0.3 is 10.1 Å². The van der Waals surface area contributed by atoms with Crippen LogP contribution in [0.25, 0.3) is 0 Å². The molecule has 0 spiro atoms. The number of hydrogen-bond acceptors (Lipinski definition) is 6. The van der Waals surface area contributed by atoms with Gasteiger partial charge in [-0.15, -0.1) is 0 Å². The molecule has 0 saturated carbocycles. The van der Waals surface area contributed by atoms with Gasteiger partial charge in [0.25, 0.3) is 17.7 Å². The number of benzene rings is 1. The van der Waals surface area contributed by atoms with E-state index in [0.717, 1.165) is 4.90 Å². The second-order valence-electron chi connectivity index (χ2n) is 7.19. The third-order valence-corrected chi connectivity index (χ3v) is 4.70. The number of aromatic nitrogens is 1. The maximum absolute atomic E-state index is 12.6. The lowest BCUT2D eigenvalue weighted by molar-refractivity contribution is -0.149. The first-order valence-corrected chi connectivity index (χ1v) is 9.70. The average Bonchev–Trinajstić information content (AvgIpc) is 2.95. The number of ether oxygens (including phenoxy) is 1. The number of rotatable bonds is 7. The molecule has 1 atom stereocenters. The van der Waals surface area contributed by atoms with E-state index in [4.69, 9.17) is 16.3 Å². The highest BCUT2D eigenvalue weighted by molar-refractivity contribution is 6.30. The molecule has 0 unspecified atom stereocenters. The Kier molecular flexibility index (Phi) is 6.47. The van der Waals surface area contributed by atoms with E-state index in [9.17, 15) is 19.2 Å². The largest absolute Gasteiger partial charge is 0.442 e. The zero-order chi connectivity index (χ0) is 21.8. The molecule has 0 saturated heterocycles. The van der Waals surface area contributed by atoms with Crippen LogP contribution in [-0.2, 0) is 9.53 Å². The summed E-state index contributed by atoms with van der Waals surface area (Å²) >= 11 is 5.88. The molecular weight excluding hydrogens is 410 g/mol. The van der Waals surface area contributed by atoms with Gasteiger partial charge in [-0.2, -0.15) is 0 Å². The van der Waals surface area contributed by atoms with Crippen LogP contribution in [0.2, 0.25) is 5.02 Å². The lowest BCUT2D eigenvalue weighted by atomic mass is 10.0. The van der Waals surface area contributed by atoms with Gasteiger partial charge in [0.2, 0.25) is 0 Å². The minimum atomic E-state index is -0.978. The van der Waals surface area contributed by atoms with Gasteiger partial charge in [0, 0.05) is 11.2 Å². The first kappa shape index (κ1) is 21.4. The van der Waals surface area contributed by atoms with Crippen LogP contribution in [-0.4, -0.2) is 46.3 Å². The molecule has 0 radical (unpaired) electrons. The molecule has 1 aromatic carbocycles. The number of carbonyl (C=O) groups excluding carboxylic acids is 4. The number of nitrogens with one attached hydrogen (secondary N) is 1. The summed E-state index contributed by atoms with van der Waals surface area (Å²) < 4.78 is 5.21. The fourth-order valence-corrected chi connectivity index (χ4v) is 3.19. The number of carbonyl (C=O) groups is 4. The molecule has 1 N–H and O–H groups in total. The average molecular weight is 430 g/mol. The van der Waals surface area contributed by atoms with E-state index in [2.05, 4.69) is 10.3 Å². The molecule has 3 amide bonds. The van der Waals surface area contributed by atoms with Crippen LogP contribution in [0.3, 0.4) is 0 Å². The summed E-state index contributed by atoms with van der Waals surface area (Å²) in [6.07, 6.45) is 1.68. The molecule has 1 aliphatic heterocycles. The SMILES string of the molecule is CC(C)C[C@@H](NC(=O)c1cc(Cl)ccn1)C(=O)OCN1C(=O)c2ccccc2C1=O. The lowest BCUT2D eigenvalue weighted by Gasteiger charge is -2.21. The summed E-state index contributed by atoms with van der Waals surface area (Å²) in [5.74, 6) is -2.34. The molecule has 0 fully saturated rings. The number of nitrogens with zero attached hydrogens (tertiary/aromatic N) is 2. The first-order valence-electron chi connectivity index (χ1n) is 9.32. The molecule has 2 aromatic rings. The van der Waals surface area contributed by atoms with Crippen LogP contribution in [0.15, 0.2) is 42.6 Å². The van der Waals surface area contributed by atoms with Crippen LogP contribution < -0.4 is 5.32 Å². The zero-order valence-electron chi connectivity index (χ0n) is 16.4. The van der Waals surface area contributed by atoms with Crippen LogP contribution >= 0.6 is 11.6 Å². The number of imide groups is 1. The fourth-order valence-electron chi connectivity index (χ4n) is 3.03. The highest BCUT2D eigenvalue weighted by Gasteiger charge is 2.36. The van der Waals surface area contributed by atoms with E-state index >= 15 is 0 Å². The Labute approximate surface area is 178 Å². The number of amides is 3. The maximum Gasteiger partial charge on any atom is 0.330 e. The summed E-state index contributed by atoms with van der Waals surface area (Å²) in [6, 6.07) is 8.31. The van der Waals surface area contributed by atoms with Gasteiger partial charge in [0.05, 0.1) is 11.1 Å². The highest BCUT2D eigenvalue weighted by Crippen LogP contribution is 2.22. The van der Waals surface area contributed by atoms with Gasteiger partial charge in [-0.25, -0.2) is 9.69 Å². The number of fused-ring (bicyclic) bond motifs is 1. The van der Waals surface area contributed by atoms with Crippen LogP contribution in [0.4, 0.5) is 0 Å². The summed E-state index contributed by atoms with van der Waals surface area (Å²) in [5, 5.41) is 2.92. The highest BCUT2D eigenvalue weighted by atomic mass is 35.5. The smallest absolute Gasteiger partial charge is 0.330 e. The summed E-state index contributed by atoms with van der Waals surface area (Å²) in [4.78, 5) is 54.6. The van der Waals surface area contributed by atoms with Crippen molar-refractivity contribution in [3.8, 4) is 0 Å². The molecule has 0 bridgehead atoms. The van der Waals surface area contributed by atoms with Crippen molar-refractivity contribution in [1.82, 2.24) is 15.2 Å². The van der Waals surface area contributed by atoms with Crippen molar-refractivity contribution in [1.29, 1.82) is 0 Å². The molecule has 3 rings (SSSR count). The quantitative estimate of drug-likeness (QED) is 0.535. The summed E-state index contributed by atoms with van der Waals surface area (Å²) in [5.41, 5.74) is 0.583. The molecular formula is C21H20ClN3O5. The Morgan fingerprint density at radius 3 is 2.33 bits per heavy atom. The first-order chi connectivity index (χ1) is 14.3. The Morgan fingerprint density at radius 2 is 1.77 bits per heavy atom. The number of pyridine rings is 1. The van der Waals surface area contributed by atoms with Gasteiger partial charge in [-0.3, -0.25) is 19.4 Å². The summed E-state index contributed by atoms with van der Waals surface area (Å²) in [6.45, 7) is 3.23. The van der Waals surface area contributed by atoms with Crippen molar-refractivity contribution in [2.75, 3.05) is 6.73 Å². The monoisotopic (exact) mass is 429 g/mol. The molecule has 156 valence electrons. The van der Waals surface area contributed by atoms with Crippen LogP contribution in [0.1, 0.15) is 51.5 Å². The predicted molar refractivity (Wildman–Crippen MR) is 108 cm³/mol. The molecule has 30 heavy (non-hydrogen) atoms. The van der Waals surface area contributed by atoms with Crippen molar-refractivity contribution in [2.45, 2.75) is 26.3 Å². The van der Waals surface area contributed by atoms with Crippen molar-refractivity contribution in [2.24, 2.45) is 5.92 Å². The second kappa shape index (κ2) is 9.04. The Hall–Kier alpha value is -3.26. The number of halogens is 1. The van der Waals surface area contributed by atoms with E-state index < -0.39 is 36.5 Å². The number of esters is 1.